The minimum atomic E-state index is -3.95. The van der Waals surface area contributed by atoms with Crippen molar-refractivity contribution in [1.29, 1.82) is 0 Å². The van der Waals surface area contributed by atoms with E-state index in [4.69, 9.17) is 4.74 Å². The molecule has 1 saturated heterocycles. The fourth-order valence-corrected chi connectivity index (χ4v) is 5.04. The second kappa shape index (κ2) is 10.7. The van der Waals surface area contributed by atoms with E-state index in [0.29, 0.717) is 38.5 Å². The molecule has 33 heavy (non-hydrogen) atoms. The number of carbonyl (C=O) groups excluding carboxylic acids is 2. The number of aryl methyl sites for hydroxylation is 2. The molecule has 0 bridgehead atoms. The lowest BCUT2D eigenvalue weighted by Crippen LogP contribution is -2.53. The highest BCUT2D eigenvalue weighted by Crippen LogP contribution is 2.25. The zero-order valence-electron chi connectivity index (χ0n) is 19.4. The Morgan fingerprint density at radius 2 is 1.48 bits per heavy atom. The van der Waals surface area contributed by atoms with Gasteiger partial charge in [0.05, 0.1) is 17.2 Å². The lowest BCUT2D eigenvalue weighted by Gasteiger charge is -2.35. The topological polar surface area (TPSA) is 87.2 Å². The fraction of sp³-hybridized carbons (Fsp3) is 0.417. The molecule has 0 aliphatic carbocycles. The number of amides is 2. The first-order valence-electron chi connectivity index (χ1n) is 11.1. The van der Waals surface area contributed by atoms with Gasteiger partial charge in [0.2, 0.25) is 5.91 Å². The summed E-state index contributed by atoms with van der Waals surface area (Å²) in [4.78, 5) is 28.3. The zero-order chi connectivity index (χ0) is 24.0. The Hall–Kier alpha value is -3.07. The second-order valence-electron chi connectivity index (χ2n) is 7.91. The van der Waals surface area contributed by atoms with Crippen LogP contribution in [0.1, 0.15) is 25.0 Å². The van der Waals surface area contributed by atoms with Crippen molar-refractivity contribution in [1.82, 2.24) is 9.80 Å². The van der Waals surface area contributed by atoms with E-state index in [1.165, 1.54) is 0 Å². The van der Waals surface area contributed by atoms with E-state index < -0.39 is 16.1 Å². The number of piperazine rings is 1. The lowest BCUT2D eigenvalue weighted by molar-refractivity contribution is -0.131. The van der Waals surface area contributed by atoms with E-state index in [-0.39, 0.29) is 17.3 Å². The van der Waals surface area contributed by atoms with Gasteiger partial charge in [0.25, 0.3) is 10.0 Å². The molecule has 1 aliphatic rings. The van der Waals surface area contributed by atoms with Crippen molar-refractivity contribution in [3.05, 3.63) is 59.7 Å². The van der Waals surface area contributed by atoms with Crippen molar-refractivity contribution in [2.24, 2.45) is 0 Å². The van der Waals surface area contributed by atoms with E-state index >= 15 is 0 Å². The van der Waals surface area contributed by atoms with Crippen LogP contribution < -0.4 is 4.31 Å². The Morgan fingerprint density at radius 1 is 0.909 bits per heavy atom. The van der Waals surface area contributed by atoms with E-state index in [1.807, 2.05) is 26.0 Å². The molecule has 8 nitrogen and oxygen atoms in total. The van der Waals surface area contributed by atoms with Crippen LogP contribution in [-0.2, 0) is 26.0 Å². The third kappa shape index (κ3) is 5.84. The van der Waals surface area contributed by atoms with Gasteiger partial charge >= 0.3 is 6.09 Å². The fourth-order valence-electron chi connectivity index (χ4n) is 3.63. The monoisotopic (exact) mass is 473 g/mol. The van der Waals surface area contributed by atoms with Gasteiger partial charge in [0.15, 0.2) is 0 Å². The number of hydrogen-bond acceptors (Lipinski definition) is 5. The van der Waals surface area contributed by atoms with Crippen molar-refractivity contribution < 1.29 is 22.7 Å². The highest BCUT2D eigenvalue weighted by Gasteiger charge is 2.31. The van der Waals surface area contributed by atoms with E-state index in [9.17, 15) is 18.0 Å². The van der Waals surface area contributed by atoms with Crippen molar-refractivity contribution >= 4 is 27.7 Å². The minimum Gasteiger partial charge on any atom is -0.450 e. The molecule has 2 amide bonds. The predicted molar refractivity (Wildman–Crippen MR) is 127 cm³/mol. The molecule has 0 atom stereocenters. The van der Waals surface area contributed by atoms with Gasteiger partial charge in [-0.1, -0.05) is 36.8 Å². The van der Waals surface area contributed by atoms with E-state index in [2.05, 4.69) is 0 Å². The van der Waals surface area contributed by atoms with Crippen LogP contribution in [0.5, 0.6) is 0 Å². The number of rotatable bonds is 7. The average Bonchev–Trinajstić information content (AvgIpc) is 2.83. The first-order valence-corrected chi connectivity index (χ1v) is 12.6. The van der Waals surface area contributed by atoms with Crippen molar-refractivity contribution in [2.45, 2.75) is 32.1 Å². The standard InChI is InChI=1S/C24H31N3O5S/c1-4-20-8-10-21(11-9-20)27(33(30,31)22-12-6-19(3)7-13-22)18-23(28)25-14-16-26(17-15-25)24(29)32-5-2/h6-13H,4-5,14-18H2,1-3H3. The number of anilines is 1. The molecule has 0 aromatic heterocycles. The second-order valence-corrected chi connectivity index (χ2v) is 9.77. The third-order valence-electron chi connectivity index (χ3n) is 5.68. The van der Waals surface area contributed by atoms with Crippen molar-refractivity contribution in [3.63, 3.8) is 0 Å². The van der Waals surface area contributed by atoms with Crippen LogP contribution in [0.3, 0.4) is 0 Å². The summed E-state index contributed by atoms with van der Waals surface area (Å²) in [6.07, 6.45) is 0.429. The molecule has 2 aromatic carbocycles. The van der Waals surface area contributed by atoms with Crippen LogP contribution >= 0.6 is 0 Å². The van der Waals surface area contributed by atoms with Crippen LogP contribution in [0.15, 0.2) is 53.4 Å². The summed E-state index contributed by atoms with van der Waals surface area (Å²) < 4.78 is 33.2. The maximum atomic E-state index is 13.5. The number of hydrogen-bond donors (Lipinski definition) is 0. The number of benzene rings is 2. The summed E-state index contributed by atoms with van der Waals surface area (Å²) in [6.45, 7) is 6.97. The Labute approximate surface area is 195 Å². The third-order valence-corrected chi connectivity index (χ3v) is 7.47. The first-order chi connectivity index (χ1) is 15.8. The largest absolute Gasteiger partial charge is 0.450 e. The van der Waals surface area contributed by atoms with Gasteiger partial charge in [0.1, 0.15) is 6.54 Å². The molecule has 3 rings (SSSR count). The molecule has 1 heterocycles. The Kier molecular flexibility index (Phi) is 7.97. The summed E-state index contributed by atoms with van der Waals surface area (Å²) in [5, 5.41) is 0. The van der Waals surface area contributed by atoms with Gasteiger partial charge < -0.3 is 14.5 Å². The average molecular weight is 474 g/mol. The summed E-state index contributed by atoms with van der Waals surface area (Å²) in [6, 6.07) is 13.8. The Morgan fingerprint density at radius 3 is 2.03 bits per heavy atom. The lowest BCUT2D eigenvalue weighted by atomic mass is 10.1. The molecule has 9 heteroatoms. The van der Waals surface area contributed by atoms with Crippen molar-refractivity contribution in [3.8, 4) is 0 Å². The van der Waals surface area contributed by atoms with Gasteiger partial charge in [-0.05, 0) is 50.1 Å². The van der Waals surface area contributed by atoms with Crippen LogP contribution in [0, 0.1) is 6.92 Å². The predicted octanol–water partition coefficient (Wildman–Crippen LogP) is 3.05. The van der Waals surface area contributed by atoms with Crippen LogP contribution in [-0.4, -0.2) is 69.5 Å². The van der Waals surface area contributed by atoms with Gasteiger partial charge in [0, 0.05) is 26.2 Å². The smallest absolute Gasteiger partial charge is 0.409 e. The molecule has 0 saturated carbocycles. The van der Waals surface area contributed by atoms with E-state index in [0.717, 1.165) is 21.9 Å². The number of ether oxygens (including phenoxy) is 1. The SMILES string of the molecule is CCOC(=O)N1CCN(C(=O)CN(c2ccc(CC)cc2)S(=O)(=O)c2ccc(C)cc2)CC1. The molecular formula is C24H31N3O5S. The van der Waals surface area contributed by atoms with Crippen LogP contribution in [0.25, 0.3) is 0 Å². The first kappa shape index (κ1) is 24.6. The number of nitrogens with zero attached hydrogens (tertiary/aromatic N) is 3. The van der Waals surface area contributed by atoms with Gasteiger partial charge in [-0.15, -0.1) is 0 Å². The molecule has 0 N–H and O–H groups in total. The minimum absolute atomic E-state index is 0.132. The highest BCUT2D eigenvalue weighted by molar-refractivity contribution is 7.92. The summed E-state index contributed by atoms with van der Waals surface area (Å²) in [5.41, 5.74) is 2.46. The Bertz CT molecular complexity index is 1060. The van der Waals surface area contributed by atoms with Gasteiger partial charge in [-0.25, -0.2) is 13.2 Å². The quantitative estimate of drug-likeness (QED) is 0.617. The highest BCUT2D eigenvalue weighted by atomic mass is 32.2. The maximum absolute atomic E-state index is 13.5. The van der Waals surface area contributed by atoms with Crippen LogP contribution in [0.4, 0.5) is 10.5 Å². The zero-order valence-corrected chi connectivity index (χ0v) is 20.2. The Balaban J connectivity index is 1.82. The molecule has 178 valence electrons. The molecule has 1 aliphatic heterocycles. The van der Waals surface area contributed by atoms with Gasteiger partial charge in [-0.3, -0.25) is 9.10 Å². The maximum Gasteiger partial charge on any atom is 0.409 e. The van der Waals surface area contributed by atoms with Crippen molar-refractivity contribution in [2.75, 3.05) is 43.6 Å². The van der Waals surface area contributed by atoms with Gasteiger partial charge in [-0.2, -0.15) is 0 Å². The summed E-state index contributed by atoms with van der Waals surface area (Å²) in [7, 11) is -3.95. The molecule has 0 spiro atoms. The molecule has 2 aromatic rings. The molecule has 0 radical (unpaired) electrons. The van der Waals surface area contributed by atoms with Crippen LogP contribution in [0.2, 0.25) is 0 Å². The summed E-state index contributed by atoms with van der Waals surface area (Å²) >= 11 is 0. The van der Waals surface area contributed by atoms with E-state index in [1.54, 1.807) is 53.1 Å². The normalized spacial score (nSPS) is 14.2. The molecular weight excluding hydrogens is 442 g/mol. The number of carbonyl (C=O) groups is 2. The molecule has 1 fully saturated rings. The number of sulfonamides is 1. The summed E-state index contributed by atoms with van der Waals surface area (Å²) in [5.74, 6) is -0.311. The molecule has 0 unspecified atom stereocenters.